The quantitative estimate of drug-likeness (QED) is 0.582. The van der Waals surface area contributed by atoms with Crippen molar-refractivity contribution in [2.45, 2.75) is 9.79 Å². The average molecular weight is 376 g/mol. The highest BCUT2D eigenvalue weighted by Crippen LogP contribution is 2.28. The molecule has 0 aliphatic carbocycles. The van der Waals surface area contributed by atoms with E-state index in [2.05, 4.69) is 4.74 Å². The van der Waals surface area contributed by atoms with E-state index in [9.17, 15) is 27.6 Å². The number of rotatable bonds is 2. The molecule has 0 radical (unpaired) electrons. The summed E-state index contributed by atoms with van der Waals surface area (Å²) in [7, 11) is -4.24. The van der Waals surface area contributed by atoms with E-state index in [-0.39, 0.29) is 0 Å². The van der Waals surface area contributed by atoms with E-state index in [1.165, 1.54) is 0 Å². The summed E-state index contributed by atoms with van der Waals surface area (Å²) in [6.07, 6.45) is 0. The van der Waals surface area contributed by atoms with Crippen LogP contribution in [0.2, 0.25) is 0 Å². The molecule has 0 saturated heterocycles. The van der Waals surface area contributed by atoms with E-state index in [0.717, 1.165) is 36.4 Å². The first-order valence-corrected chi connectivity index (χ1v) is 8.37. The number of cyclic esters (lactones) is 2. The minimum absolute atomic E-state index is 0.405. The number of benzene rings is 2. The van der Waals surface area contributed by atoms with Gasteiger partial charge in [-0.15, -0.1) is 0 Å². The first-order chi connectivity index (χ1) is 12.1. The van der Waals surface area contributed by atoms with Gasteiger partial charge in [-0.25, -0.2) is 27.6 Å². The van der Waals surface area contributed by atoms with Crippen LogP contribution in [-0.4, -0.2) is 42.5 Å². The van der Waals surface area contributed by atoms with E-state index in [0.29, 0.717) is 0 Å². The third kappa shape index (κ3) is 2.62. The van der Waals surface area contributed by atoms with Crippen LogP contribution in [0.15, 0.2) is 46.2 Å². The summed E-state index contributed by atoms with van der Waals surface area (Å²) in [5, 5.41) is 18.3. The fourth-order valence-electron chi connectivity index (χ4n) is 2.42. The summed E-state index contributed by atoms with van der Waals surface area (Å²) in [6, 6.07) is 5.39. The van der Waals surface area contributed by atoms with Crippen molar-refractivity contribution in [2.75, 3.05) is 0 Å². The fourth-order valence-corrected chi connectivity index (χ4v) is 3.73. The Hall–Kier alpha value is -3.53. The number of carbonyl (C=O) groups is 4. The van der Waals surface area contributed by atoms with Gasteiger partial charge in [0.25, 0.3) is 0 Å². The highest BCUT2D eigenvalue weighted by atomic mass is 32.2. The lowest BCUT2D eigenvalue weighted by Gasteiger charge is -2.14. The molecule has 0 aromatic heterocycles. The Labute approximate surface area is 145 Å². The summed E-state index contributed by atoms with van der Waals surface area (Å²) >= 11 is 0. The molecule has 9 nitrogen and oxygen atoms in total. The summed E-state index contributed by atoms with van der Waals surface area (Å²) < 4.78 is 29.9. The van der Waals surface area contributed by atoms with Gasteiger partial charge in [-0.2, -0.15) is 0 Å². The highest BCUT2D eigenvalue weighted by molar-refractivity contribution is 7.91. The number of aromatic carboxylic acids is 2. The molecule has 0 spiro atoms. The number of carbonyl (C=O) groups excluding carboxylic acids is 2. The van der Waals surface area contributed by atoms with Crippen molar-refractivity contribution in [3.8, 4) is 0 Å². The second-order valence-electron chi connectivity index (χ2n) is 5.21. The van der Waals surface area contributed by atoms with Crippen molar-refractivity contribution in [3.63, 3.8) is 0 Å². The largest absolute Gasteiger partial charge is 0.478 e. The Bertz CT molecular complexity index is 1030. The molecule has 3 rings (SSSR count). The molecular formula is C16H8O9S. The number of ether oxygens (including phenoxy) is 1. The lowest BCUT2D eigenvalue weighted by molar-refractivity contribution is 0.0386. The van der Waals surface area contributed by atoms with Gasteiger partial charge < -0.3 is 14.9 Å². The van der Waals surface area contributed by atoms with Gasteiger partial charge in [0.15, 0.2) is 0 Å². The van der Waals surface area contributed by atoms with E-state index in [4.69, 9.17) is 10.2 Å². The molecule has 1 aliphatic rings. The van der Waals surface area contributed by atoms with Crippen molar-refractivity contribution in [1.29, 1.82) is 0 Å². The zero-order valence-electron chi connectivity index (χ0n) is 12.6. The number of sulfone groups is 1. The molecule has 1 aliphatic heterocycles. The van der Waals surface area contributed by atoms with Gasteiger partial charge >= 0.3 is 23.9 Å². The van der Waals surface area contributed by atoms with Crippen LogP contribution in [0.1, 0.15) is 41.4 Å². The Morgan fingerprint density at radius 2 is 1.15 bits per heavy atom. The second-order valence-corrected chi connectivity index (χ2v) is 7.16. The number of hydrogen-bond acceptors (Lipinski definition) is 7. The zero-order chi connectivity index (χ0) is 19.2. The number of carboxylic acids is 2. The number of esters is 2. The molecule has 0 amide bonds. The standard InChI is InChI=1S/C16H8O9S/c17-13(18)9-3-1-7-5-11(9)15(21)25-16(22)12-6-8(26(7,23)24)2-4-10(12)14(19)20/h1-6H,(H,17,18)(H,19,20). The predicted molar refractivity (Wildman–Crippen MR) is 82.0 cm³/mol. The topological polar surface area (TPSA) is 152 Å². The van der Waals surface area contributed by atoms with Crippen molar-refractivity contribution >= 4 is 33.7 Å². The number of hydrogen-bond donors (Lipinski definition) is 2. The third-order valence-electron chi connectivity index (χ3n) is 3.69. The van der Waals surface area contributed by atoms with Gasteiger partial charge in [-0.3, -0.25) is 0 Å². The van der Waals surface area contributed by atoms with Gasteiger partial charge in [0.2, 0.25) is 9.84 Å². The molecule has 132 valence electrons. The van der Waals surface area contributed by atoms with Gasteiger partial charge in [0.1, 0.15) is 0 Å². The van der Waals surface area contributed by atoms with Gasteiger partial charge in [-0.1, -0.05) is 0 Å². The maximum atomic E-state index is 12.7. The molecule has 2 N–H and O–H groups in total. The molecule has 10 heteroatoms. The van der Waals surface area contributed by atoms with Gasteiger partial charge in [0.05, 0.1) is 32.0 Å². The monoisotopic (exact) mass is 376 g/mol. The van der Waals surface area contributed by atoms with Crippen LogP contribution in [0.4, 0.5) is 0 Å². The predicted octanol–water partition coefficient (Wildman–Crippen LogP) is 1.23. The maximum absolute atomic E-state index is 12.7. The van der Waals surface area contributed by atoms with Crippen LogP contribution in [0, 0.1) is 0 Å². The van der Waals surface area contributed by atoms with E-state index in [1.54, 1.807) is 0 Å². The zero-order valence-corrected chi connectivity index (χ0v) is 13.4. The Balaban J connectivity index is 2.37. The molecule has 26 heavy (non-hydrogen) atoms. The van der Waals surface area contributed by atoms with E-state index < -0.39 is 65.8 Å². The summed E-state index contributed by atoms with van der Waals surface area (Å²) in [4.78, 5) is 46.0. The number of carboxylic acid groups (broad SMARTS) is 2. The fraction of sp³-hybridized carbons (Fsp3) is 0. The molecular weight excluding hydrogens is 368 g/mol. The molecule has 4 bridgehead atoms. The van der Waals surface area contributed by atoms with Crippen LogP contribution in [0.25, 0.3) is 0 Å². The Kier molecular flexibility index (Phi) is 3.84. The van der Waals surface area contributed by atoms with Crippen molar-refractivity contribution in [2.24, 2.45) is 0 Å². The van der Waals surface area contributed by atoms with Crippen LogP contribution < -0.4 is 0 Å². The average Bonchev–Trinajstić information content (AvgIpc) is 2.59. The molecule has 0 saturated carbocycles. The first-order valence-electron chi connectivity index (χ1n) is 6.89. The Morgan fingerprint density at radius 1 is 0.769 bits per heavy atom. The first kappa shape index (κ1) is 17.3. The highest BCUT2D eigenvalue weighted by Gasteiger charge is 2.30. The van der Waals surface area contributed by atoms with Gasteiger partial charge in [-0.05, 0) is 36.4 Å². The minimum atomic E-state index is -4.24. The summed E-state index contributed by atoms with van der Waals surface area (Å²) in [5.74, 6) is -5.88. The smallest absolute Gasteiger partial charge is 0.346 e. The lowest BCUT2D eigenvalue weighted by atomic mass is 10.1. The van der Waals surface area contributed by atoms with Crippen LogP contribution in [0.5, 0.6) is 0 Å². The third-order valence-corrected chi connectivity index (χ3v) is 5.44. The molecule has 2 aromatic rings. The SMILES string of the molecule is O=C(O)c1ccc2cc1C(=O)OC(=O)c1cc(ccc1C(=O)O)S2(=O)=O. The van der Waals surface area contributed by atoms with Crippen molar-refractivity contribution < 1.29 is 42.5 Å². The normalized spacial score (nSPS) is 15.1. The van der Waals surface area contributed by atoms with Crippen LogP contribution >= 0.6 is 0 Å². The summed E-state index contributed by atoms with van der Waals surface area (Å²) in [5.41, 5.74) is -2.42. The van der Waals surface area contributed by atoms with Gasteiger partial charge in [0, 0.05) is 0 Å². The lowest BCUT2D eigenvalue weighted by Crippen LogP contribution is -2.21. The molecule has 2 aromatic carbocycles. The summed E-state index contributed by atoms with van der Waals surface area (Å²) in [6.45, 7) is 0. The van der Waals surface area contributed by atoms with Crippen LogP contribution in [-0.2, 0) is 14.6 Å². The molecule has 0 fully saturated rings. The van der Waals surface area contributed by atoms with Crippen molar-refractivity contribution in [1.82, 2.24) is 0 Å². The van der Waals surface area contributed by atoms with E-state index >= 15 is 0 Å². The molecule has 0 atom stereocenters. The van der Waals surface area contributed by atoms with Crippen molar-refractivity contribution in [3.05, 3.63) is 58.7 Å². The second kappa shape index (κ2) is 5.77. The Morgan fingerprint density at radius 3 is 1.50 bits per heavy atom. The van der Waals surface area contributed by atoms with Crippen LogP contribution in [0.3, 0.4) is 0 Å². The molecule has 0 unspecified atom stereocenters. The van der Waals surface area contributed by atoms with E-state index in [1.807, 2.05) is 0 Å². The molecule has 1 heterocycles. The maximum Gasteiger partial charge on any atom is 0.346 e. The minimum Gasteiger partial charge on any atom is -0.478 e. The number of fused-ring (bicyclic) bond motifs is 4.